The number of carbonyl (C=O) groups excluding carboxylic acids is 2. The zero-order chi connectivity index (χ0) is 47.8. The second-order valence-corrected chi connectivity index (χ2v) is 18.0. The molecule has 0 aromatic carbocycles. The molecule has 372 valence electrons. The average Bonchev–Trinajstić information content (AvgIpc) is 3.29. The number of rotatable bonds is 39. The molecular formula is C51H85O13P. The van der Waals surface area contributed by atoms with E-state index in [0.29, 0.717) is 19.3 Å². The van der Waals surface area contributed by atoms with Crippen molar-refractivity contribution < 1.29 is 63.1 Å². The number of aliphatic hydroxyl groups is 5. The lowest BCUT2D eigenvalue weighted by atomic mass is 9.85. The first-order valence-electron chi connectivity index (χ1n) is 24.4. The third-order valence-corrected chi connectivity index (χ3v) is 11.7. The Morgan fingerprint density at radius 3 is 1.38 bits per heavy atom. The van der Waals surface area contributed by atoms with Gasteiger partial charge in [0.25, 0.3) is 0 Å². The van der Waals surface area contributed by atoms with Crippen LogP contribution in [-0.2, 0) is 32.7 Å². The summed E-state index contributed by atoms with van der Waals surface area (Å²) in [6.45, 7) is 3.11. The lowest BCUT2D eigenvalue weighted by Gasteiger charge is -2.41. The highest BCUT2D eigenvalue weighted by molar-refractivity contribution is 7.47. The molecule has 0 bridgehead atoms. The molecule has 14 heteroatoms. The van der Waals surface area contributed by atoms with Gasteiger partial charge in [-0.1, -0.05) is 157 Å². The SMILES string of the molecule is CC/C=C/C/C=C/C/C=C/C/C=C/C/C=C/CCCC(=O)O[C@@H](COC(=O)CCCCCCCCCCC/C=C/C/C=C/CCCCC)COP(=O)(O)OC1C(O)C(O)C(O)[C@H](O)C1O. The van der Waals surface area contributed by atoms with Gasteiger partial charge in [-0.25, -0.2) is 4.57 Å². The topological polar surface area (TPSA) is 210 Å². The van der Waals surface area contributed by atoms with E-state index >= 15 is 0 Å². The molecule has 0 aromatic heterocycles. The van der Waals surface area contributed by atoms with E-state index in [0.717, 1.165) is 70.6 Å². The Labute approximate surface area is 390 Å². The van der Waals surface area contributed by atoms with Crippen molar-refractivity contribution in [2.45, 2.75) is 211 Å². The first-order valence-corrected chi connectivity index (χ1v) is 25.9. The number of phosphoric ester groups is 1. The van der Waals surface area contributed by atoms with E-state index in [1.54, 1.807) is 0 Å². The molecule has 0 radical (unpaired) electrons. The molecule has 1 rings (SSSR count). The van der Waals surface area contributed by atoms with Gasteiger partial charge in [0.2, 0.25) is 0 Å². The third kappa shape index (κ3) is 32.4. The van der Waals surface area contributed by atoms with E-state index in [2.05, 4.69) is 86.8 Å². The van der Waals surface area contributed by atoms with Crippen LogP contribution >= 0.6 is 7.82 Å². The number of ether oxygens (including phenoxy) is 2. The maximum Gasteiger partial charge on any atom is 0.472 e. The molecule has 1 fully saturated rings. The van der Waals surface area contributed by atoms with Crippen molar-refractivity contribution in [2.24, 2.45) is 0 Å². The molecule has 0 spiro atoms. The number of aliphatic hydroxyl groups excluding tert-OH is 5. The molecule has 8 atom stereocenters. The van der Waals surface area contributed by atoms with Crippen molar-refractivity contribution in [1.29, 1.82) is 0 Å². The highest BCUT2D eigenvalue weighted by Crippen LogP contribution is 2.47. The van der Waals surface area contributed by atoms with Gasteiger partial charge in [0.05, 0.1) is 6.61 Å². The van der Waals surface area contributed by atoms with Crippen LogP contribution in [0.15, 0.2) is 85.1 Å². The van der Waals surface area contributed by atoms with Crippen LogP contribution in [0.25, 0.3) is 0 Å². The number of carbonyl (C=O) groups is 2. The van der Waals surface area contributed by atoms with Crippen molar-refractivity contribution in [1.82, 2.24) is 0 Å². The van der Waals surface area contributed by atoms with E-state index in [1.807, 2.05) is 12.2 Å². The summed E-state index contributed by atoms with van der Waals surface area (Å²) >= 11 is 0. The minimum Gasteiger partial charge on any atom is -0.462 e. The summed E-state index contributed by atoms with van der Waals surface area (Å²) in [4.78, 5) is 35.8. The van der Waals surface area contributed by atoms with Gasteiger partial charge in [0.1, 0.15) is 43.2 Å². The van der Waals surface area contributed by atoms with E-state index in [9.17, 15) is 44.6 Å². The number of esters is 2. The second-order valence-electron chi connectivity index (χ2n) is 16.6. The highest BCUT2D eigenvalue weighted by Gasteiger charge is 2.51. The average molecular weight is 937 g/mol. The van der Waals surface area contributed by atoms with E-state index in [4.69, 9.17) is 18.5 Å². The second kappa shape index (κ2) is 40.1. The summed E-state index contributed by atoms with van der Waals surface area (Å²) in [5.74, 6) is -1.18. The summed E-state index contributed by atoms with van der Waals surface area (Å²) < 4.78 is 33.5. The largest absolute Gasteiger partial charge is 0.472 e. The van der Waals surface area contributed by atoms with Crippen LogP contribution < -0.4 is 0 Å². The molecule has 0 amide bonds. The summed E-state index contributed by atoms with van der Waals surface area (Å²) in [6.07, 6.45) is 39.2. The molecule has 6 unspecified atom stereocenters. The van der Waals surface area contributed by atoms with E-state index in [1.165, 1.54) is 51.4 Å². The Balaban J connectivity index is 2.47. The fraction of sp³-hybridized carbons (Fsp3) is 0.686. The zero-order valence-corrected chi connectivity index (χ0v) is 40.4. The molecule has 13 nitrogen and oxygen atoms in total. The maximum absolute atomic E-state index is 12.8. The molecule has 1 saturated carbocycles. The smallest absolute Gasteiger partial charge is 0.462 e. The Morgan fingerprint density at radius 1 is 0.492 bits per heavy atom. The predicted octanol–water partition coefficient (Wildman–Crippen LogP) is 10.1. The lowest BCUT2D eigenvalue weighted by molar-refractivity contribution is -0.220. The standard InChI is InChI=1S/C51H85O13P/c1-3-5-7-9-11-13-15-17-19-21-22-24-25-27-29-31-33-35-37-39-44(52)61-41-43(42-62-65(59,60)64-51-49(57)47(55)46(54)48(56)50(51)58)63-45(53)40-38-36-34-32-30-28-26-23-20-18-16-14-12-10-8-6-4-2/h6,8,11-14,17-20,26,28,32,34,43,46-51,54-58H,3-5,7,9-10,15-16,21-25,27,29-31,33,35-42H2,1-2H3,(H,59,60)/b8-6+,13-11+,14-12+,19-17+,20-18+,28-26+,34-32+/t43-,46?,47-,48?,49?,50?,51?/m0/s1. The number of hydrogen-bond donors (Lipinski definition) is 6. The predicted molar refractivity (Wildman–Crippen MR) is 258 cm³/mol. The van der Waals surface area contributed by atoms with Gasteiger partial charge in [0, 0.05) is 12.8 Å². The number of unbranched alkanes of at least 4 members (excludes halogenated alkanes) is 13. The monoisotopic (exact) mass is 937 g/mol. The summed E-state index contributed by atoms with van der Waals surface area (Å²) in [5, 5.41) is 50.2. The van der Waals surface area contributed by atoms with Gasteiger partial charge in [-0.05, 0) is 83.5 Å². The van der Waals surface area contributed by atoms with Crippen molar-refractivity contribution >= 4 is 19.8 Å². The fourth-order valence-corrected chi connectivity index (χ4v) is 7.80. The van der Waals surface area contributed by atoms with Gasteiger partial charge in [-0.3, -0.25) is 18.6 Å². The number of allylic oxidation sites excluding steroid dienone is 14. The molecule has 1 aliphatic rings. The summed E-state index contributed by atoms with van der Waals surface area (Å²) in [6, 6.07) is 0. The molecule has 0 saturated heterocycles. The molecular weight excluding hydrogens is 852 g/mol. The Hall–Kier alpha value is -2.97. The molecule has 0 aliphatic heterocycles. The van der Waals surface area contributed by atoms with Crippen LogP contribution in [0.5, 0.6) is 0 Å². The minimum absolute atomic E-state index is 0.0132. The Kier molecular flexibility index (Phi) is 37.1. The number of phosphoric acid groups is 1. The minimum atomic E-state index is -5.14. The quantitative estimate of drug-likeness (QED) is 0.0147. The van der Waals surface area contributed by atoms with Gasteiger partial charge >= 0.3 is 19.8 Å². The Morgan fingerprint density at radius 2 is 0.892 bits per heavy atom. The fourth-order valence-electron chi connectivity index (χ4n) is 6.82. The van der Waals surface area contributed by atoms with Crippen molar-refractivity contribution in [3.05, 3.63) is 85.1 Å². The summed E-state index contributed by atoms with van der Waals surface area (Å²) in [5.41, 5.74) is 0. The molecule has 0 aromatic rings. The van der Waals surface area contributed by atoms with Crippen molar-refractivity contribution in [3.8, 4) is 0 Å². The van der Waals surface area contributed by atoms with Crippen molar-refractivity contribution in [3.63, 3.8) is 0 Å². The highest BCUT2D eigenvalue weighted by atomic mass is 31.2. The summed E-state index contributed by atoms with van der Waals surface area (Å²) in [7, 11) is -5.14. The van der Waals surface area contributed by atoms with Crippen LogP contribution in [0.1, 0.15) is 168 Å². The van der Waals surface area contributed by atoms with Crippen LogP contribution in [-0.4, -0.2) is 98.3 Å². The van der Waals surface area contributed by atoms with Crippen LogP contribution in [0, 0.1) is 0 Å². The van der Waals surface area contributed by atoms with Crippen molar-refractivity contribution in [2.75, 3.05) is 13.2 Å². The molecule has 1 aliphatic carbocycles. The first kappa shape index (κ1) is 60.0. The number of hydrogen-bond acceptors (Lipinski definition) is 12. The van der Waals surface area contributed by atoms with Gasteiger partial charge in [0.15, 0.2) is 6.10 Å². The van der Waals surface area contributed by atoms with Gasteiger partial charge in [-0.2, -0.15) is 0 Å². The zero-order valence-electron chi connectivity index (χ0n) is 39.5. The third-order valence-electron chi connectivity index (χ3n) is 10.7. The first-order chi connectivity index (χ1) is 31.4. The van der Waals surface area contributed by atoms with Gasteiger partial charge in [-0.15, -0.1) is 0 Å². The lowest BCUT2D eigenvalue weighted by Crippen LogP contribution is -2.64. The van der Waals surface area contributed by atoms with Crippen LogP contribution in [0.4, 0.5) is 0 Å². The van der Waals surface area contributed by atoms with E-state index < -0.39 is 75.7 Å². The molecule has 65 heavy (non-hydrogen) atoms. The maximum atomic E-state index is 12.8. The molecule has 6 N–H and O–H groups in total. The van der Waals surface area contributed by atoms with Gasteiger partial charge < -0.3 is 39.9 Å². The van der Waals surface area contributed by atoms with Crippen LogP contribution in [0.2, 0.25) is 0 Å². The Bertz CT molecular complexity index is 1460. The molecule has 0 heterocycles. The van der Waals surface area contributed by atoms with Crippen LogP contribution in [0.3, 0.4) is 0 Å². The van der Waals surface area contributed by atoms with E-state index in [-0.39, 0.29) is 12.8 Å². The normalized spacial score (nSPS) is 22.2.